The lowest BCUT2D eigenvalue weighted by Gasteiger charge is -2.21. The van der Waals surface area contributed by atoms with E-state index in [1.807, 2.05) is 43.4 Å². The van der Waals surface area contributed by atoms with Gasteiger partial charge in [0.1, 0.15) is 5.75 Å². The van der Waals surface area contributed by atoms with Crippen molar-refractivity contribution >= 4 is 29.0 Å². The van der Waals surface area contributed by atoms with Gasteiger partial charge in [-0.1, -0.05) is 49.5 Å². The van der Waals surface area contributed by atoms with Crippen LogP contribution in [0.5, 0.6) is 5.75 Å². The highest BCUT2D eigenvalue weighted by Crippen LogP contribution is 2.30. The van der Waals surface area contributed by atoms with Crippen LogP contribution in [0.25, 0.3) is 10.8 Å². The molecular weight excluding hydrogens is 304 g/mol. The Bertz CT molecular complexity index is 753. The molecule has 0 amide bonds. The lowest BCUT2D eigenvalue weighted by Crippen LogP contribution is -2.36. The lowest BCUT2D eigenvalue weighted by molar-refractivity contribution is 0.470. The molecule has 0 radical (unpaired) electrons. The quantitative estimate of drug-likeness (QED) is 0.654. The van der Waals surface area contributed by atoms with Crippen molar-refractivity contribution in [2.75, 3.05) is 5.38 Å². The zero-order valence-corrected chi connectivity index (χ0v) is 14.0. The molecular formula is C15H20O4SSi. The van der Waals surface area contributed by atoms with Crippen LogP contribution in [0.4, 0.5) is 0 Å². The summed E-state index contributed by atoms with van der Waals surface area (Å²) in [6.07, 6.45) is 0.613. The Morgan fingerprint density at radius 1 is 1.10 bits per heavy atom. The third-order valence-corrected chi connectivity index (χ3v) is 9.83. The van der Waals surface area contributed by atoms with Crippen molar-refractivity contribution in [2.24, 2.45) is 0 Å². The Morgan fingerprint density at radius 3 is 2.43 bits per heavy atom. The maximum atomic E-state index is 11.1. The Balaban J connectivity index is 2.26. The molecule has 0 bridgehead atoms. The van der Waals surface area contributed by atoms with Gasteiger partial charge in [-0.15, -0.1) is 0 Å². The molecule has 0 aromatic heterocycles. The molecule has 0 heterocycles. The number of hydrogen-bond donors (Lipinski definition) is 2. The van der Waals surface area contributed by atoms with Gasteiger partial charge in [-0.05, 0) is 23.3 Å². The predicted octanol–water partition coefficient (Wildman–Crippen LogP) is 3.22. The average Bonchev–Trinajstić information content (AvgIpc) is 2.34. The monoisotopic (exact) mass is 324 g/mol. The van der Waals surface area contributed by atoms with Crippen molar-refractivity contribution in [3.8, 4) is 5.75 Å². The van der Waals surface area contributed by atoms with Gasteiger partial charge in [0.25, 0.3) is 10.1 Å². The van der Waals surface area contributed by atoms with E-state index in [0.717, 1.165) is 16.3 Å². The minimum atomic E-state index is -3.94. The molecule has 0 saturated carbocycles. The highest BCUT2D eigenvalue weighted by atomic mass is 32.2. The van der Waals surface area contributed by atoms with Crippen LogP contribution >= 0.6 is 0 Å². The molecule has 0 aliphatic rings. The molecule has 0 aliphatic carbocycles. The van der Waals surface area contributed by atoms with Crippen molar-refractivity contribution in [3.05, 3.63) is 42.0 Å². The summed E-state index contributed by atoms with van der Waals surface area (Å²) in [5.41, 5.74) is 0.851. The number of phenolic OH excluding ortho intramolecular Hbond substituents is 1. The fourth-order valence-corrected chi connectivity index (χ4v) is 8.07. The van der Waals surface area contributed by atoms with Gasteiger partial charge in [0.15, 0.2) is 0 Å². The zero-order chi connectivity index (χ0) is 15.7. The molecule has 0 unspecified atom stereocenters. The predicted molar refractivity (Wildman–Crippen MR) is 88.0 cm³/mol. The van der Waals surface area contributed by atoms with Gasteiger partial charge in [-0.3, -0.25) is 4.55 Å². The van der Waals surface area contributed by atoms with E-state index >= 15 is 0 Å². The Hall–Kier alpha value is -1.37. The molecule has 0 saturated heterocycles. The molecule has 0 spiro atoms. The van der Waals surface area contributed by atoms with E-state index in [4.69, 9.17) is 4.55 Å². The molecule has 0 fully saturated rings. The van der Waals surface area contributed by atoms with Gasteiger partial charge in [-0.2, -0.15) is 8.42 Å². The van der Waals surface area contributed by atoms with E-state index in [0.29, 0.717) is 12.5 Å². The summed E-state index contributed by atoms with van der Waals surface area (Å²) in [4.78, 5) is 0. The second kappa shape index (κ2) is 5.79. The summed E-state index contributed by atoms with van der Waals surface area (Å²) < 4.78 is 31.2. The van der Waals surface area contributed by atoms with Gasteiger partial charge >= 0.3 is 0 Å². The molecule has 21 heavy (non-hydrogen) atoms. The van der Waals surface area contributed by atoms with Crippen LogP contribution in [0.15, 0.2) is 36.4 Å². The first-order valence-corrected chi connectivity index (χ1v) is 11.9. The highest BCUT2D eigenvalue weighted by molar-refractivity contribution is 7.87. The molecule has 2 N–H and O–H groups in total. The summed E-state index contributed by atoms with van der Waals surface area (Å²) >= 11 is 0. The summed E-state index contributed by atoms with van der Waals surface area (Å²) in [5.74, 6) is 0.241. The van der Waals surface area contributed by atoms with Gasteiger partial charge in [0.2, 0.25) is 0 Å². The van der Waals surface area contributed by atoms with E-state index < -0.39 is 18.2 Å². The van der Waals surface area contributed by atoms with Gasteiger partial charge in [0, 0.05) is 5.56 Å². The summed E-state index contributed by atoms with van der Waals surface area (Å²) in [7, 11) is -6.02. The largest absolute Gasteiger partial charge is 0.508 e. The maximum Gasteiger partial charge on any atom is 0.262 e. The molecule has 6 heteroatoms. The van der Waals surface area contributed by atoms with E-state index in [1.165, 1.54) is 0 Å². The van der Waals surface area contributed by atoms with E-state index in [1.54, 1.807) is 6.07 Å². The fourth-order valence-electron chi connectivity index (χ4n) is 2.62. The number of aromatic hydroxyl groups is 1. The minimum Gasteiger partial charge on any atom is -0.508 e. The second-order valence-corrected chi connectivity index (χ2v) is 13.3. The van der Waals surface area contributed by atoms with Crippen LogP contribution in [0, 0.1) is 0 Å². The molecule has 2 aromatic carbocycles. The highest BCUT2D eigenvalue weighted by Gasteiger charge is 2.27. The molecule has 4 nitrogen and oxygen atoms in total. The van der Waals surface area contributed by atoms with Crippen LogP contribution in [0.2, 0.25) is 19.1 Å². The number of rotatable bonds is 5. The van der Waals surface area contributed by atoms with Gasteiger partial charge in [-0.25, -0.2) is 0 Å². The van der Waals surface area contributed by atoms with E-state index in [2.05, 4.69) is 0 Å². The van der Waals surface area contributed by atoms with Gasteiger partial charge in [0.05, 0.1) is 13.5 Å². The first kappa shape index (κ1) is 16.0. The van der Waals surface area contributed by atoms with Crippen LogP contribution in [-0.4, -0.2) is 31.5 Å². The van der Waals surface area contributed by atoms with Gasteiger partial charge < -0.3 is 5.11 Å². The van der Waals surface area contributed by atoms with Crippen LogP contribution < -0.4 is 0 Å². The van der Waals surface area contributed by atoms with Crippen LogP contribution in [0.1, 0.15) is 5.56 Å². The standard InChI is InChI=1S/C15H20O4SSi/c1-21(2,11-20(17,18)19)10-9-14-13-6-4-3-5-12(13)7-8-15(14)16/h3-8,16H,9-11H2,1-2H3,(H,17,18,19). The number of fused-ring (bicyclic) bond motifs is 1. The lowest BCUT2D eigenvalue weighted by atomic mass is 10.0. The van der Waals surface area contributed by atoms with E-state index in [9.17, 15) is 13.5 Å². The topological polar surface area (TPSA) is 74.6 Å². The van der Waals surface area contributed by atoms with Crippen LogP contribution in [-0.2, 0) is 16.5 Å². The van der Waals surface area contributed by atoms with Crippen molar-refractivity contribution < 1.29 is 18.1 Å². The fraction of sp³-hybridized carbons (Fsp3) is 0.333. The molecule has 2 rings (SSSR count). The number of phenols is 1. The summed E-state index contributed by atoms with van der Waals surface area (Å²) in [6.45, 7) is 3.87. The third kappa shape index (κ3) is 4.29. The second-order valence-electron chi connectivity index (χ2n) is 6.17. The first-order chi connectivity index (χ1) is 9.68. The zero-order valence-electron chi connectivity index (χ0n) is 12.2. The summed E-state index contributed by atoms with van der Waals surface area (Å²) in [5, 5.41) is 12.0. The Morgan fingerprint density at radius 2 is 1.76 bits per heavy atom. The normalized spacial score (nSPS) is 12.7. The van der Waals surface area contributed by atoms with Crippen LogP contribution in [0.3, 0.4) is 0 Å². The van der Waals surface area contributed by atoms with Crippen molar-refractivity contribution in [3.63, 3.8) is 0 Å². The smallest absolute Gasteiger partial charge is 0.262 e. The molecule has 0 aliphatic heterocycles. The first-order valence-electron chi connectivity index (χ1n) is 6.83. The Labute approximate surface area is 126 Å². The minimum absolute atomic E-state index is 0.147. The number of benzene rings is 2. The van der Waals surface area contributed by atoms with Crippen molar-refractivity contribution in [2.45, 2.75) is 25.6 Å². The number of hydrogen-bond acceptors (Lipinski definition) is 3. The molecule has 0 atom stereocenters. The van der Waals surface area contributed by atoms with E-state index in [-0.39, 0.29) is 11.1 Å². The van der Waals surface area contributed by atoms with Crippen molar-refractivity contribution in [1.29, 1.82) is 0 Å². The SMILES string of the molecule is C[Si](C)(CCc1c(O)ccc2ccccc12)CS(=O)(=O)O. The Kier molecular flexibility index (Phi) is 4.41. The molecule has 114 valence electrons. The van der Waals surface area contributed by atoms with Crippen molar-refractivity contribution in [1.82, 2.24) is 0 Å². The number of aryl methyl sites for hydroxylation is 1. The average molecular weight is 324 g/mol. The summed E-state index contributed by atoms with van der Waals surface area (Å²) in [6, 6.07) is 12.0. The third-order valence-electron chi connectivity index (χ3n) is 3.64. The maximum absolute atomic E-state index is 11.1. The molecule has 2 aromatic rings.